The van der Waals surface area contributed by atoms with Gasteiger partial charge < -0.3 is 20.0 Å². The van der Waals surface area contributed by atoms with Crippen LogP contribution in [0.25, 0.3) is 11.3 Å². The number of alkyl halides is 3. The second-order valence-corrected chi connectivity index (χ2v) is 12.4. The fraction of sp³-hybridized carbons (Fsp3) is 0.576. The van der Waals surface area contributed by atoms with Crippen LogP contribution < -0.4 is 10.6 Å². The Bertz CT molecular complexity index is 1320. The van der Waals surface area contributed by atoms with Gasteiger partial charge in [0.25, 0.3) is 5.91 Å². The first-order valence-electron chi connectivity index (χ1n) is 15.6. The van der Waals surface area contributed by atoms with E-state index in [1.165, 1.54) is 43.5 Å². The summed E-state index contributed by atoms with van der Waals surface area (Å²) in [5, 5.41) is 5.45. The predicted molar refractivity (Wildman–Crippen MR) is 158 cm³/mol. The van der Waals surface area contributed by atoms with Crippen molar-refractivity contribution >= 4 is 23.5 Å². The summed E-state index contributed by atoms with van der Waals surface area (Å²) in [5.74, 6) is -0.982. The van der Waals surface area contributed by atoms with E-state index in [1.54, 1.807) is 4.90 Å². The lowest BCUT2D eigenvalue weighted by Gasteiger charge is -2.24. The van der Waals surface area contributed by atoms with Gasteiger partial charge in [-0.05, 0) is 61.8 Å². The Balaban J connectivity index is 1.35. The Kier molecular flexibility index (Phi) is 11.3. The Morgan fingerprint density at radius 3 is 2.48 bits per heavy atom. The molecule has 2 heterocycles. The van der Waals surface area contributed by atoms with Crippen LogP contribution in [-0.4, -0.2) is 53.6 Å². The molecule has 8 nitrogen and oxygen atoms in total. The normalized spacial score (nSPS) is 19.0. The molecule has 2 N–H and O–H groups in total. The fourth-order valence-corrected chi connectivity index (χ4v) is 6.02. The number of carbonyl (C=O) groups is 4. The van der Waals surface area contributed by atoms with Crippen molar-refractivity contribution in [2.45, 2.75) is 96.3 Å². The number of hydrogen-bond donors (Lipinski definition) is 2. The van der Waals surface area contributed by atoms with Gasteiger partial charge in [0.1, 0.15) is 11.8 Å². The van der Waals surface area contributed by atoms with Crippen molar-refractivity contribution in [2.75, 3.05) is 13.1 Å². The molecule has 1 unspecified atom stereocenters. The topological polar surface area (TPSA) is 109 Å². The van der Waals surface area contributed by atoms with Crippen LogP contribution in [0.15, 0.2) is 40.8 Å². The van der Waals surface area contributed by atoms with E-state index in [2.05, 4.69) is 10.6 Å². The Morgan fingerprint density at radius 2 is 1.77 bits per heavy atom. The molecule has 2 atom stereocenters. The quantitative estimate of drug-likeness (QED) is 0.333. The summed E-state index contributed by atoms with van der Waals surface area (Å²) in [6.45, 7) is 4.18. The molecule has 240 valence electrons. The molecule has 3 amide bonds. The number of Topliss-reactive ketones (excluding diaryl/α,β-unsaturated/α-hetero) is 1. The number of rotatable bonds is 10. The summed E-state index contributed by atoms with van der Waals surface area (Å²) in [5.41, 5.74) is -0.685. The van der Waals surface area contributed by atoms with Gasteiger partial charge in [0.05, 0.1) is 18.2 Å². The van der Waals surface area contributed by atoms with Gasteiger partial charge >= 0.3 is 6.18 Å². The first-order valence-corrected chi connectivity index (χ1v) is 15.6. The number of likely N-dealkylation sites (tertiary alicyclic amines) is 1. The average molecular weight is 618 g/mol. The zero-order valence-corrected chi connectivity index (χ0v) is 25.4. The van der Waals surface area contributed by atoms with Crippen molar-refractivity contribution in [1.82, 2.24) is 15.5 Å². The third-order valence-corrected chi connectivity index (χ3v) is 8.45. The third kappa shape index (κ3) is 9.19. The van der Waals surface area contributed by atoms with Crippen LogP contribution >= 0.6 is 0 Å². The second kappa shape index (κ2) is 14.9. The Labute approximate surface area is 256 Å². The van der Waals surface area contributed by atoms with Crippen molar-refractivity contribution in [3.05, 3.63) is 47.7 Å². The van der Waals surface area contributed by atoms with E-state index in [0.717, 1.165) is 31.4 Å². The highest BCUT2D eigenvalue weighted by Gasteiger charge is 2.33. The van der Waals surface area contributed by atoms with Crippen LogP contribution in [-0.2, 0) is 20.6 Å². The lowest BCUT2D eigenvalue weighted by Crippen LogP contribution is -2.52. The average Bonchev–Trinajstić information content (AvgIpc) is 3.42. The van der Waals surface area contributed by atoms with Gasteiger partial charge in [-0.15, -0.1) is 0 Å². The molecule has 2 fully saturated rings. The van der Waals surface area contributed by atoms with Crippen molar-refractivity contribution < 1.29 is 36.8 Å². The van der Waals surface area contributed by atoms with E-state index >= 15 is 0 Å². The van der Waals surface area contributed by atoms with Crippen molar-refractivity contribution in [3.8, 4) is 11.3 Å². The number of halogens is 3. The minimum absolute atomic E-state index is 0.0189. The summed E-state index contributed by atoms with van der Waals surface area (Å²) in [6, 6.07) is 5.56. The molecule has 1 saturated heterocycles. The predicted octanol–water partition coefficient (Wildman–Crippen LogP) is 6.15. The first-order chi connectivity index (χ1) is 20.9. The zero-order valence-electron chi connectivity index (χ0n) is 25.4. The third-order valence-electron chi connectivity index (χ3n) is 8.45. The van der Waals surface area contributed by atoms with Gasteiger partial charge in [0.15, 0.2) is 11.5 Å². The number of nitrogens with one attached hydrogen (secondary N) is 2. The van der Waals surface area contributed by atoms with Gasteiger partial charge in [-0.2, -0.15) is 13.2 Å². The molecule has 1 aromatic carbocycles. The molecule has 2 aromatic rings. The highest BCUT2D eigenvalue weighted by Crippen LogP contribution is 2.33. The molecule has 0 radical (unpaired) electrons. The highest BCUT2D eigenvalue weighted by atomic mass is 19.4. The van der Waals surface area contributed by atoms with E-state index < -0.39 is 35.6 Å². The molecule has 11 heteroatoms. The number of ketones is 1. The molecule has 4 rings (SSSR count). The molecule has 0 spiro atoms. The number of furan rings is 1. The molecule has 1 aliphatic carbocycles. The summed E-state index contributed by atoms with van der Waals surface area (Å²) < 4.78 is 45.0. The van der Waals surface area contributed by atoms with Crippen molar-refractivity contribution in [1.29, 1.82) is 0 Å². The van der Waals surface area contributed by atoms with Crippen LogP contribution in [0.3, 0.4) is 0 Å². The minimum atomic E-state index is -4.53. The number of nitrogens with zero attached hydrogens (tertiary/aromatic N) is 1. The standard InChI is InChI=1S/C33H42F3N3O5/c1-21(2)18-26(38-32(43)29-15-14-28(44-29)23-10-6-11-24(19-23)33(34,35)36)31(42)37-25-12-7-17-39(20-27(25)40)30(41)16-13-22-8-4-3-5-9-22/h6,10-11,14-15,19,21-22,25-26H,3-5,7-9,12-13,16-18,20H2,1-2H3,(H,37,42)(H,38,43)/t25-,26?/m0/s1. The molecular formula is C33H42F3N3O5. The molecule has 1 saturated carbocycles. The second-order valence-electron chi connectivity index (χ2n) is 12.4. The molecule has 2 aliphatic rings. The molecule has 1 aromatic heterocycles. The molecule has 44 heavy (non-hydrogen) atoms. The lowest BCUT2D eigenvalue weighted by atomic mass is 9.86. The SMILES string of the molecule is CC(C)CC(NC(=O)c1ccc(-c2cccc(C(F)(F)F)c2)o1)C(=O)N[C@H]1CCCN(C(=O)CCC2CCCCC2)CC1=O. The number of carbonyl (C=O) groups excluding carboxylic acids is 4. The van der Waals surface area contributed by atoms with Crippen molar-refractivity contribution in [3.63, 3.8) is 0 Å². The van der Waals surface area contributed by atoms with Crippen LogP contribution in [0, 0.1) is 11.8 Å². The summed E-state index contributed by atoms with van der Waals surface area (Å²) >= 11 is 0. The van der Waals surface area contributed by atoms with Gasteiger partial charge in [-0.3, -0.25) is 19.2 Å². The maximum Gasteiger partial charge on any atom is 0.416 e. The van der Waals surface area contributed by atoms with Crippen LogP contribution in [0.4, 0.5) is 13.2 Å². The molecule has 0 bridgehead atoms. The summed E-state index contributed by atoms with van der Waals surface area (Å²) in [7, 11) is 0. The van der Waals surface area contributed by atoms with E-state index in [0.29, 0.717) is 31.7 Å². The van der Waals surface area contributed by atoms with E-state index in [-0.39, 0.29) is 47.7 Å². The van der Waals surface area contributed by atoms with Crippen LogP contribution in [0.5, 0.6) is 0 Å². The van der Waals surface area contributed by atoms with Gasteiger partial charge in [-0.25, -0.2) is 0 Å². The summed E-state index contributed by atoms with van der Waals surface area (Å²) in [4.78, 5) is 54.0. The van der Waals surface area contributed by atoms with Crippen LogP contribution in [0.1, 0.15) is 94.2 Å². The monoisotopic (exact) mass is 617 g/mol. The molecule has 1 aliphatic heterocycles. The number of hydrogen-bond acceptors (Lipinski definition) is 5. The van der Waals surface area contributed by atoms with Crippen LogP contribution in [0.2, 0.25) is 0 Å². The van der Waals surface area contributed by atoms with Gasteiger partial charge in [-0.1, -0.05) is 58.1 Å². The fourth-order valence-electron chi connectivity index (χ4n) is 6.02. The number of benzene rings is 1. The maximum absolute atomic E-state index is 13.3. The van der Waals surface area contributed by atoms with Gasteiger partial charge in [0, 0.05) is 18.5 Å². The highest BCUT2D eigenvalue weighted by molar-refractivity contribution is 5.98. The maximum atomic E-state index is 13.3. The number of amides is 3. The zero-order chi connectivity index (χ0) is 31.9. The van der Waals surface area contributed by atoms with E-state index in [4.69, 9.17) is 4.42 Å². The van der Waals surface area contributed by atoms with E-state index in [9.17, 15) is 32.3 Å². The largest absolute Gasteiger partial charge is 0.451 e. The summed E-state index contributed by atoms with van der Waals surface area (Å²) in [6.07, 6.45) is 3.98. The molecular weight excluding hydrogens is 575 g/mol. The van der Waals surface area contributed by atoms with E-state index in [1.807, 2.05) is 13.8 Å². The Morgan fingerprint density at radius 1 is 1.02 bits per heavy atom. The smallest absolute Gasteiger partial charge is 0.416 e. The Hall–Kier alpha value is -3.63. The lowest BCUT2D eigenvalue weighted by molar-refractivity contribution is -0.137. The first kappa shape index (κ1) is 33.3. The van der Waals surface area contributed by atoms with Crippen molar-refractivity contribution in [2.24, 2.45) is 11.8 Å². The minimum Gasteiger partial charge on any atom is -0.451 e. The van der Waals surface area contributed by atoms with Gasteiger partial charge in [0.2, 0.25) is 11.8 Å².